The van der Waals surface area contributed by atoms with Crippen LogP contribution in [0.4, 0.5) is 0 Å². The monoisotopic (exact) mass is 1120 g/mol. The minimum atomic E-state index is -0.286. The molecule has 6 aliphatic carbocycles. The number of hydrogen-bond donors (Lipinski definition) is 0. The summed E-state index contributed by atoms with van der Waals surface area (Å²) >= 11 is 0. The second-order valence-electron chi connectivity index (χ2n) is 29.8. The molecule has 0 radical (unpaired) electrons. The highest BCUT2D eigenvalue weighted by molar-refractivity contribution is 6.99. The average Bonchev–Trinajstić information content (AvgIpc) is 0.924. The number of benzene rings is 9. The third-order valence-corrected chi connectivity index (χ3v) is 23.8. The molecule has 6 heteroatoms. The van der Waals surface area contributed by atoms with Crippen molar-refractivity contribution in [2.45, 2.75) is 169 Å². The number of rotatable bonds is 2. The van der Waals surface area contributed by atoms with Crippen LogP contribution in [0.2, 0.25) is 0 Å². The molecule has 0 spiro atoms. The van der Waals surface area contributed by atoms with Crippen LogP contribution in [0, 0.1) is 55.4 Å². The molecule has 6 heterocycles. The van der Waals surface area contributed by atoms with Crippen LogP contribution in [-0.2, 0) is 10.8 Å². The van der Waals surface area contributed by atoms with Gasteiger partial charge in [-0.05, 0) is 268 Å². The Hall–Kier alpha value is -7.69. The molecule has 4 nitrogen and oxygen atoms in total. The number of fused-ring (bicyclic) bond motifs is 18. The molecule has 10 aliphatic rings. The molecule has 0 amide bonds. The Bertz CT molecular complexity index is 4580. The van der Waals surface area contributed by atoms with Gasteiger partial charge in [0.05, 0.1) is 22.1 Å². The number of nitrogens with zero attached hydrogens (tertiary/aromatic N) is 2. The smallest absolute Gasteiger partial charge is 0.251 e. The topological polar surface area (TPSA) is 28.3 Å². The van der Waals surface area contributed by atoms with Crippen LogP contribution in [0.25, 0.3) is 55.0 Å². The van der Waals surface area contributed by atoms with Gasteiger partial charge >= 0.3 is 0 Å². The second kappa shape index (κ2) is 16.7. The highest BCUT2D eigenvalue weighted by Crippen LogP contribution is 2.58. The molecule has 0 unspecified atom stereocenters. The second-order valence-corrected chi connectivity index (χ2v) is 29.8. The molecular weight excluding hydrogens is 1040 g/mol. The summed E-state index contributed by atoms with van der Waals surface area (Å²) in [4.78, 5) is 0. The fraction of sp³-hybridized carbons (Fsp3) is 0.325. The quantitative estimate of drug-likeness (QED) is 0.161. The van der Waals surface area contributed by atoms with Gasteiger partial charge in [-0.2, -0.15) is 0 Å². The van der Waals surface area contributed by atoms with Crippen LogP contribution in [-0.4, -0.2) is 22.6 Å². The van der Waals surface area contributed by atoms with Gasteiger partial charge in [-0.1, -0.05) is 109 Å². The molecular formula is C80H74B2N2O2. The highest BCUT2D eigenvalue weighted by atomic mass is 16.5. The van der Waals surface area contributed by atoms with Gasteiger partial charge in [-0.25, -0.2) is 0 Å². The minimum Gasteiger partial charge on any atom is -0.458 e. The van der Waals surface area contributed by atoms with E-state index >= 15 is 0 Å². The first-order chi connectivity index (χ1) is 41.4. The van der Waals surface area contributed by atoms with Gasteiger partial charge in [0.2, 0.25) is 0 Å². The van der Waals surface area contributed by atoms with E-state index in [0.717, 1.165) is 34.4 Å². The van der Waals surface area contributed by atoms with E-state index in [1.54, 1.807) is 33.4 Å². The lowest BCUT2D eigenvalue weighted by Gasteiger charge is -2.51. The van der Waals surface area contributed by atoms with Gasteiger partial charge in [0.1, 0.15) is 23.0 Å². The summed E-state index contributed by atoms with van der Waals surface area (Å²) in [7, 11) is 0. The van der Waals surface area contributed by atoms with E-state index in [2.05, 4.69) is 201 Å². The molecule has 21 rings (SSSR count). The lowest BCUT2D eigenvalue weighted by atomic mass is 9.27. The van der Waals surface area contributed by atoms with Crippen LogP contribution < -0.4 is 42.3 Å². The number of aromatic nitrogens is 2. The van der Waals surface area contributed by atoms with E-state index in [1.165, 1.54) is 183 Å². The van der Waals surface area contributed by atoms with Crippen molar-refractivity contribution in [3.8, 4) is 34.4 Å². The first kappa shape index (κ1) is 50.5. The Morgan fingerprint density at radius 2 is 0.686 bits per heavy atom. The molecule has 11 aromatic rings. The maximum absolute atomic E-state index is 7.63. The highest BCUT2D eigenvalue weighted by Gasteiger charge is 2.54. The van der Waals surface area contributed by atoms with Gasteiger partial charge < -0.3 is 18.6 Å². The predicted molar refractivity (Wildman–Crippen MR) is 360 cm³/mol. The zero-order valence-corrected chi connectivity index (χ0v) is 52.2. The van der Waals surface area contributed by atoms with Crippen molar-refractivity contribution in [1.82, 2.24) is 9.13 Å². The van der Waals surface area contributed by atoms with Gasteiger partial charge in [0, 0.05) is 55.9 Å². The van der Waals surface area contributed by atoms with Gasteiger partial charge in [-0.3, -0.25) is 0 Å². The number of aryl methyl sites for hydroxylation is 8. The van der Waals surface area contributed by atoms with E-state index in [9.17, 15) is 0 Å². The fourth-order valence-electron chi connectivity index (χ4n) is 20.7. The van der Waals surface area contributed by atoms with E-state index in [0.29, 0.717) is 23.7 Å². The van der Waals surface area contributed by atoms with Crippen molar-refractivity contribution in [3.63, 3.8) is 0 Å². The van der Waals surface area contributed by atoms with Crippen LogP contribution in [0.15, 0.2) is 109 Å². The van der Waals surface area contributed by atoms with E-state index in [1.807, 2.05) is 0 Å². The van der Waals surface area contributed by atoms with Crippen molar-refractivity contribution in [2.24, 2.45) is 0 Å². The summed E-state index contributed by atoms with van der Waals surface area (Å²) in [6, 6.07) is 44.4. The first-order valence-electron chi connectivity index (χ1n) is 32.7. The van der Waals surface area contributed by atoms with Gasteiger partial charge in [-0.15, -0.1) is 0 Å². The predicted octanol–water partition coefficient (Wildman–Crippen LogP) is 16.4. The lowest BCUT2D eigenvalue weighted by molar-refractivity contribution is 0.351. The third kappa shape index (κ3) is 6.29. The van der Waals surface area contributed by atoms with Crippen molar-refractivity contribution in [1.29, 1.82) is 0 Å². The molecule has 2 aromatic heterocycles. The Labute approximate surface area is 507 Å². The number of ether oxygens (including phenoxy) is 2. The Morgan fingerprint density at radius 3 is 1.02 bits per heavy atom. The molecule has 4 aliphatic heterocycles. The van der Waals surface area contributed by atoms with E-state index < -0.39 is 0 Å². The molecule has 4 bridgehead atoms. The van der Waals surface area contributed by atoms with Crippen molar-refractivity contribution in [3.05, 3.63) is 198 Å². The maximum Gasteiger partial charge on any atom is 0.251 e. The molecule has 9 aromatic carbocycles. The van der Waals surface area contributed by atoms with Gasteiger partial charge in [0.25, 0.3) is 13.4 Å². The molecule has 0 saturated heterocycles. The van der Waals surface area contributed by atoms with Crippen LogP contribution in [0.1, 0.15) is 192 Å². The molecule has 2 saturated carbocycles. The Kier molecular flexibility index (Phi) is 9.78. The molecule has 2 fully saturated rings. The molecule has 0 N–H and O–H groups in total. The fourth-order valence-corrected chi connectivity index (χ4v) is 20.7. The van der Waals surface area contributed by atoms with Crippen LogP contribution in [0.3, 0.4) is 0 Å². The lowest BCUT2D eigenvalue weighted by Crippen LogP contribution is -2.67. The van der Waals surface area contributed by atoms with E-state index in [-0.39, 0.29) is 24.3 Å². The standard InChI is InChI=1S/C80H74B2N2O2/c1-39-25-43(5)75-55(29-39)56-30-40(2)26-44(6)76(56)83(75)51-21-23-61-65(33-51)85-67-35-53-47-13-17-49(18-14-47)69(53)71-73(67)81(61)63-37-60-64(38-59(63)79(71,9)10)82-62-24-22-52(84-77-45(7)27-41(3)31-57(77)58-32-42(4)28-46(8)78(58)84)34-66(62)86-68-36-54-48-15-19-50(20-16-48)70(54)72(74(68)82)80(60,11)12/h21-38,47-50H,13-20H2,1-12H3. The summed E-state index contributed by atoms with van der Waals surface area (Å²) in [6.45, 7) is 28.5. The SMILES string of the molecule is Cc1cc(C)c2c(c1)c1cc(C)cc(C)c1n2-c1ccc2c(c1)Oc1cc3c(c4c1B2c1cc2c(cc1C4(C)C)B1c4ccc(-n5c6c(C)cc(C)cc6c6cc(C)cc(C)c65)cc4Oc4cc5c(c(c41)C2(C)C)C1CCC5CC1)C1CCC3CC1. The van der Waals surface area contributed by atoms with Crippen molar-refractivity contribution in [2.75, 3.05) is 0 Å². The largest absolute Gasteiger partial charge is 0.458 e. The minimum absolute atomic E-state index is 0.0208. The van der Waals surface area contributed by atoms with Gasteiger partial charge in [0.15, 0.2) is 0 Å². The average molecular weight is 1120 g/mol. The first-order valence-corrected chi connectivity index (χ1v) is 32.7. The molecule has 0 atom stereocenters. The molecule has 422 valence electrons. The normalized spacial score (nSPS) is 20.7. The zero-order chi connectivity index (χ0) is 58.2. The summed E-state index contributed by atoms with van der Waals surface area (Å²) < 4.78 is 20.4. The summed E-state index contributed by atoms with van der Waals surface area (Å²) in [5.74, 6) is 6.47. The zero-order valence-electron chi connectivity index (χ0n) is 52.2. The Morgan fingerprint density at radius 1 is 0.360 bits per heavy atom. The van der Waals surface area contributed by atoms with Crippen LogP contribution >= 0.6 is 0 Å². The van der Waals surface area contributed by atoms with Crippen LogP contribution in [0.5, 0.6) is 23.0 Å². The maximum atomic E-state index is 7.63. The third-order valence-electron chi connectivity index (χ3n) is 23.8. The Balaban J connectivity index is 0.867. The van der Waals surface area contributed by atoms with Crippen molar-refractivity contribution < 1.29 is 9.47 Å². The summed E-state index contributed by atoms with van der Waals surface area (Å²) in [5, 5.41) is 5.29. The summed E-state index contributed by atoms with van der Waals surface area (Å²) in [6.07, 6.45) is 10.2. The number of hydrogen-bond acceptors (Lipinski definition) is 2. The molecule has 86 heavy (non-hydrogen) atoms. The van der Waals surface area contributed by atoms with E-state index in [4.69, 9.17) is 9.47 Å². The summed E-state index contributed by atoms with van der Waals surface area (Å²) in [5.41, 5.74) is 38.2. The van der Waals surface area contributed by atoms with Crippen molar-refractivity contribution >= 4 is 89.8 Å².